The quantitative estimate of drug-likeness (QED) is 0.195. The van der Waals surface area contributed by atoms with Gasteiger partial charge >= 0.3 is 0 Å². The molecule has 5 rings (SSSR count). The van der Waals surface area contributed by atoms with Crippen LogP contribution in [0.2, 0.25) is 0 Å². The highest BCUT2D eigenvalue weighted by Crippen LogP contribution is 2.27. The minimum Gasteiger partial charge on any atom is -0.398 e. The normalized spacial score (nSPS) is 16.6. The van der Waals surface area contributed by atoms with Crippen LogP contribution in [0.15, 0.2) is 59.6 Å². The summed E-state index contributed by atoms with van der Waals surface area (Å²) in [6.07, 6.45) is 0.265. The molecule has 2 heterocycles. The molecule has 1 amide bonds. The topological polar surface area (TPSA) is 112 Å². The summed E-state index contributed by atoms with van der Waals surface area (Å²) in [5.74, 6) is -1.29. The van der Waals surface area contributed by atoms with Crippen molar-refractivity contribution >= 4 is 28.8 Å². The number of piperazine rings is 1. The Morgan fingerprint density at radius 2 is 1.70 bits per heavy atom. The third kappa shape index (κ3) is 6.57. The predicted molar refractivity (Wildman–Crippen MR) is 156 cm³/mol. The average Bonchev–Trinajstić information content (AvgIpc) is 2.88. The monoisotopic (exact) mass is 547 g/mol. The van der Waals surface area contributed by atoms with Gasteiger partial charge in [0.1, 0.15) is 17.5 Å². The second kappa shape index (κ2) is 12.0. The van der Waals surface area contributed by atoms with Gasteiger partial charge in [0, 0.05) is 80.4 Å². The zero-order valence-corrected chi connectivity index (χ0v) is 22.6. The molecule has 2 fully saturated rings. The Morgan fingerprint density at radius 3 is 2.38 bits per heavy atom. The number of amides is 1. The Kier molecular flexibility index (Phi) is 8.27. The smallest absolute Gasteiger partial charge is 0.281 e. The maximum atomic E-state index is 13.7. The number of carbonyl (C=O) groups excluding carboxylic acids is 1. The van der Waals surface area contributed by atoms with E-state index in [9.17, 15) is 13.6 Å². The molecule has 6 N–H and O–H groups in total. The Morgan fingerprint density at radius 1 is 0.975 bits per heavy atom. The van der Waals surface area contributed by atoms with Gasteiger partial charge in [-0.2, -0.15) is 4.99 Å². The number of hydrogen-bond acceptors (Lipinski definition) is 6. The van der Waals surface area contributed by atoms with Gasteiger partial charge in [0.05, 0.1) is 5.56 Å². The fourth-order valence-electron chi connectivity index (χ4n) is 4.99. The number of nitrogens with one attached hydrogen (secondary N) is 2. The molecule has 0 bridgehead atoms. The molecular weight excluding hydrogens is 512 g/mol. The number of rotatable bonds is 8. The van der Waals surface area contributed by atoms with E-state index in [1.54, 1.807) is 24.3 Å². The van der Waals surface area contributed by atoms with E-state index in [2.05, 4.69) is 32.5 Å². The number of nitrogens with two attached hydrogens (primary N) is 2. The van der Waals surface area contributed by atoms with Gasteiger partial charge in [0.15, 0.2) is 0 Å². The number of carbonyl (C=O) groups is 1. The second-order valence-corrected chi connectivity index (χ2v) is 10.6. The van der Waals surface area contributed by atoms with Gasteiger partial charge < -0.3 is 31.9 Å². The molecule has 10 heteroatoms. The molecule has 0 aromatic heterocycles. The number of anilines is 3. The van der Waals surface area contributed by atoms with E-state index in [0.29, 0.717) is 28.3 Å². The van der Waals surface area contributed by atoms with Crippen LogP contribution in [-0.4, -0.2) is 69.5 Å². The van der Waals surface area contributed by atoms with E-state index in [4.69, 9.17) is 11.5 Å². The Balaban J connectivity index is 1.39. The molecule has 3 aromatic carbocycles. The summed E-state index contributed by atoms with van der Waals surface area (Å²) >= 11 is 0. The van der Waals surface area contributed by atoms with Gasteiger partial charge in [-0.1, -0.05) is 6.07 Å². The largest absolute Gasteiger partial charge is 0.398 e. The first-order valence-electron chi connectivity index (χ1n) is 13.5. The van der Waals surface area contributed by atoms with Crippen molar-refractivity contribution in [2.75, 3.05) is 68.8 Å². The van der Waals surface area contributed by atoms with Crippen molar-refractivity contribution in [3.8, 4) is 0 Å². The number of nitrogens with zero attached hydrogens (tertiary/aromatic N) is 3. The fraction of sp³-hybridized carbons (Fsp3) is 0.333. The van der Waals surface area contributed by atoms with E-state index in [-0.39, 0.29) is 12.3 Å². The highest BCUT2D eigenvalue weighted by atomic mass is 19.1. The molecule has 8 nitrogen and oxygen atoms in total. The van der Waals surface area contributed by atoms with Crippen LogP contribution in [0.1, 0.15) is 27.0 Å². The summed E-state index contributed by atoms with van der Waals surface area (Å²) in [7, 11) is 2.12. The van der Waals surface area contributed by atoms with Crippen molar-refractivity contribution in [2.24, 2.45) is 16.6 Å². The fourth-order valence-corrected chi connectivity index (χ4v) is 4.99. The van der Waals surface area contributed by atoms with Crippen LogP contribution in [0.5, 0.6) is 0 Å². The van der Waals surface area contributed by atoms with E-state index in [1.165, 1.54) is 12.1 Å². The molecular formula is C30H35F2N7O. The highest BCUT2D eigenvalue weighted by Gasteiger charge is 2.21. The molecule has 3 aromatic rings. The zero-order chi connectivity index (χ0) is 28.2. The van der Waals surface area contributed by atoms with Crippen LogP contribution >= 0.6 is 0 Å². The molecule has 0 saturated carbocycles. The SMILES string of the molecule is CN1CCN(c2ccc(C(=O)N=C(N)c3cc(Cc4cc(F)cc(F)c4)ccc3N)c(NCC3CNC3)c2)CC1. The van der Waals surface area contributed by atoms with E-state index >= 15 is 0 Å². The average molecular weight is 548 g/mol. The molecule has 0 spiro atoms. The van der Waals surface area contributed by atoms with E-state index in [0.717, 1.165) is 68.8 Å². The molecule has 0 unspecified atom stereocenters. The summed E-state index contributed by atoms with van der Waals surface area (Å²) < 4.78 is 27.3. The summed E-state index contributed by atoms with van der Waals surface area (Å²) in [5, 5.41) is 6.73. The van der Waals surface area contributed by atoms with Gasteiger partial charge in [-0.25, -0.2) is 8.78 Å². The van der Waals surface area contributed by atoms with Crippen molar-refractivity contribution in [1.29, 1.82) is 0 Å². The second-order valence-electron chi connectivity index (χ2n) is 10.6. The van der Waals surface area contributed by atoms with Gasteiger partial charge in [0.25, 0.3) is 5.91 Å². The molecule has 0 radical (unpaired) electrons. The van der Waals surface area contributed by atoms with Crippen LogP contribution in [0.25, 0.3) is 0 Å². The maximum absolute atomic E-state index is 13.7. The Bertz CT molecular complexity index is 1390. The van der Waals surface area contributed by atoms with Crippen LogP contribution in [0.4, 0.5) is 25.8 Å². The molecule has 0 aliphatic carbocycles. The lowest BCUT2D eigenvalue weighted by Crippen LogP contribution is -2.45. The van der Waals surface area contributed by atoms with E-state index in [1.807, 2.05) is 12.1 Å². The molecule has 2 aliphatic rings. The summed E-state index contributed by atoms with van der Waals surface area (Å²) in [6, 6.07) is 14.3. The number of halogens is 2. The first-order valence-corrected chi connectivity index (χ1v) is 13.5. The van der Waals surface area contributed by atoms with Gasteiger partial charge in [0.2, 0.25) is 0 Å². The third-order valence-corrected chi connectivity index (χ3v) is 7.50. The van der Waals surface area contributed by atoms with Gasteiger partial charge in [-0.15, -0.1) is 0 Å². The van der Waals surface area contributed by atoms with Crippen molar-refractivity contribution < 1.29 is 13.6 Å². The summed E-state index contributed by atoms with van der Waals surface area (Å²) in [6.45, 7) is 6.42. The molecule has 40 heavy (non-hydrogen) atoms. The molecule has 2 saturated heterocycles. The number of likely N-dealkylation sites (N-methyl/N-ethyl adjacent to an activating group) is 1. The van der Waals surface area contributed by atoms with Crippen LogP contribution < -0.4 is 27.0 Å². The molecule has 210 valence electrons. The lowest BCUT2D eigenvalue weighted by Gasteiger charge is -2.34. The minimum atomic E-state index is -0.644. The van der Waals surface area contributed by atoms with Crippen LogP contribution in [0, 0.1) is 17.6 Å². The van der Waals surface area contributed by atoms with Crippen molar-refractivity contribution in [3.05, 3.63) is 88.5 Å². The lowest BCUT2D eigenvalue weighted by atomic mass is 10.0. The molecule has 2 aliphatic heterocycles. The van der Waals surface area contributed by atoms with Crippen LogP contribution in [-0.2, 0) is 6.42 Å². The number of benzene rings is 3. The van der Waals surface area contributed by atoms with Crippen molar-refractivity contribution in [3.63, 3.8) is 0 Å². The Labute approximate surface area is 233 Å². The standard InChI is InChI=1S/C30H35F2N7O/c1-38-6-8-39(9-7-38)24-3-4-25(28(15-24)36-18-21-16-35-17-21)30(40)37-29(34)26-13-19(2-5-27(26)33)10-20-11-22(31)14-23(32)12-20/h2-5,11-15,21,35-36H,6-10,16-18,33H2,1H3,(H2,34,37,40). The summed E-state index contributed by atoms with van der Waals surface area (Å²) in [5.41, 5.74) is 16.6. The lowest BCUT2D eigenvalue weighted by molar-refractivity contribution is 0.100. The third-order valence-electron chi connectivity index (χ3n) is 7.50. The van der Waals surface area contributed by atoms with Crippen molar-refractivity contribution in [1.82, 2.24) is 10.2 Å². The number of nitrogen functional groups attached to an aromatic ring is 1. The number of aliphatic imine (C=N–C) groups is 1. The highest BCUT2D eigenvalue weighted by molar-refractivity contribution is 6.12. The number of amidine groups is 1. The zero-order valence-electron chi connectivity index (χ0n) is 22.6. The molecule has 0 atom stereocenters. The summed E-state index contributed by atoms with van der Waals surface area (Å²) in [4.78, 5) is 22.2. The number of hydrogen-bond donors (Lipinski definition) is 4. The van der Waals surface area contributed by atoms with Gasteiger partial charge in [-0.3, -0.25) is 4.79 Å². The van der Waals surface area contributed by atoms with E-state index < -0.39 is 17.5 Å². The van der Waals surface area contributed by atoms with Crippen molar-refractivity contribution in [2.45, 2.75) is 6.42 Å². The predicted octanol–water partition coefficient (Wildman–Crippen LogP) is 3.07. The first-order chi connectivity index (χ1) is 19.2. The van der Waals surface area contributed by atoms with Gasteiger partial charge in [-0.05, 0) is 67.1 Å². The maximum Gasteiger partial charge on any atom is 0.281 e. The van der Waals surface area contributed by atoms with Crippen LogP contribution in [0.3, 0.4) is 0 Å². The minimum absolute atomic E-state index is 0.0212. The Hall–Kier alpha value is -4.02. The first kappa shape index (κ1) is 27.5.